The summed E-state index contributed by atoms with van der Waals surface area (Å²) in [5, 5.41) is 9.99. The molecule has 37 heavy (non-hydrogen) atoms. The van der Waals surface area contributed by atoms with Crippen molar-refractivity contribution in [1.82, 2.24) is 25.3 Å². The normalized spacial score (nSPS) is 14.2. The van der Waals surface area contributed by atoms with E-state index in [9.17, 15) is 18.8 Å². The van der Waals surface area contributed by atoms with Crippen molar-refractivity contribution in [2.45, 2.75) is 52.4 Å². The first-order valence-electron chi connectivity index (χ1n) is 12.5. The summed E-state index contributed by atoms with van der Waals surface area (Å²) in [6.45, 7) is 5.75. The van der Waals surface area contributed by atoms with E-state index in [-0.39, 0.29) is 35.8 Å². The summed E-state index contributed by atoms with van der Waals surface area (Å²) in [5.41, 5.74) is 2.25. The van der Waals surface area contributed by atoms with E-state index >= 15 is 0 Å². The molecule has 0 spiro atoms. The molecule has 2 N–H and O–H groups in total. The van der Waals surface area contributed by atoms with Crippen molar-refractivity contribution in [3.05, 3.63) is 89.0 Å². The molecule has 0 fully saturated rings. The number of carbonyl (C=O) groups is 3. The van der Waals surface area contributed by atoms with Gasteiger partial charge in [-0.3, -0.25) is 19.1 Å². The first kappa shape index (κ1) is 26.1. The second kappa shape index (κ2) is 11.8. The van der Waals surface area contributed by atoms with Crippen molar-refractivity contribution in [2.24, 2.45) is 5.92 Å². The molecule has 1 atom stereocenters. The van der Waals surface area contributed by atoms with Crippen LogP contribution in [0, 0.1) is 11.7 Å². The lowest BCUT2D eigenvalue weighted by Gasteiger charge is -2.20. The molecule has 4 rings (SSSR count). The number of rotatable bonds is 9. The predicted octanol–water partition coefficient (Wildman–Crippen LogP) is 3.53. The second-order valence-electron chi connectivity index (χ2n) is 9.70. The van der Waals surface area contributed by atoms with Crippen LogP contribution in [-0.2, 0) is 24.4 Å². The number of nitrogens with one attached hydrogen (secondary N) is 2. The number of carbonyl (C=O) groups excluding carboxylic acids is 3. The van der Waals surface area contributed by atoms with Gasteiger partial charge >= 0.3 is 0 Å². The largest absolute Gasteiger partial charge is 0.350 e. The van der Waals surface area contributed by atoms with Crippen LogP contribution in [0.2, 0.25) is 0 Å². The van der Waals surface area contributed by atoms with Crippen molar-refractivity contribution in [1.29, 1.82) is 0 Å². The number of aromatic nitrogens is 2. The zero-order valence-electron chi connectivity index (χ0n) is 21.1. The second-order valence-corrected chi connectivity index (χ2v) is 9.70. The third-order valence-corrected chi connectivity index (χ3v) is 6.24. The van der Waals surface area contributed by atoms with Gasteiger partial charge in [-0.1, -0.05) is 56.3 Å². The van der Waals surface area contributed by atoms with Crippen molar-refractivity contribution in [3.8, 4) is 0 Å². The molecule has 194 valence electrons. The number of amides is 3. The Labute approximate surface area is 215 Å². The zero-order valence-corrected chi connectivity index (χ0v) is 21.1. The van der Waals surface area contributed by atoms with E-state index in [1.165, 1.54) is 18.2 Å². The van der Waals surface area contributed by atoms with E-state index in [4.69, 9.17) is 0 Å². The minimum atomic E-state index is -0.778. The molecule has 9 heteroatoms. The van der Waals surface area contributed by atoms with E-state index in [0.29, 0.717) is 31.7 Å². The fraction of sp³-hybridized carbons (Fsp3) is 0.357. The number of hydrogen-bond acceptors (Lipinski definition) is 4. The van der Waals surface area contributed by atoms with Crippen molar-refractivity contribution in [3.63, 3.8) is 0 Å². The Morgan fingerprint density at radius 3 is 2.46 bits per heavy atom. The highest BCUT2D eigenvalue weighted by atomic mass is 19.1. The maximum Gasteiger partial charge on any atom is 0.272 e. The van der Waals surface area contributed by atoms with Crippen molar-refractivity contribution in [2.75, 3.05) is 6.54 Å². The van der Waals surface area contributed by atoms with Crippen LogP contribution in [0.3, 0.4) is 0 Å². The van der Waals surface area contributed by atoms with Gasteiger partial charge in [0.1, 0.15) is 17.6 Å². The maximum absolute atomic E-state index is 13.2. The van der Waals surface area contributed by atoms with E-state index in [1.54, 1.807) is 21.7 Å². The molecule has 0 bridgehead atoms. The Bertz CT molecular complexity index is 1240. The topological polar surface area (TPSA) is 96.3 Å². The minimum absolute atomic E-state index is 0.102. The van der Waals surface area contributed by atoms with Crippen LogP contribution in [0.1, 0.15) is 58.8 Å². The van der Waals surface area contributed by atoms with Gasteiger partial charge in [0.05, 0.1) is 0 Å². The van der Waals surface area contributed by atoms with E-state index in [0.717, 1.165) is 17.5 Å². The Hall–Kier alpha value is -4.01. The van der Waals surface area contributed by atoms with Crippen LogP contribution < -0.4 is 10.6 Å². The first-order chi connectivity index (χ1) is 17.8. The van der Waals surface area contributed by atoms with Crippen LogP contribution in [0.15, 0.2) is 60.7 Å². The monoisotopic (exact) mass is 505 g/mol. The summed E-state index contributed by atoms with van der Waals surface area (Å²) < 4.78 is 14.7. The number of fused-ring (bicyclic) bond motifs is 1. The van der Waals surface area contributed by atoms with Crippen molar-refractivity contribution < 1.29 is 18.8 Å². The van der Waals surface area contributed by atoms with Gasteiger partial charge in [0.2, 0.25) is 5.91 Å². The predicted molar refractivity (Wildman–Crippen MR) is 137 cm³/mol. The van der Waals surface area contributed by atoms with Crippen LogP contribution in [0.5, 0.6) is 0 Å². The Kier molecular flexibility index (Phi) is 8.32. The molecule has 0 aliphatic carbocycles. The third kappa shape index (κ3) is 6.81. The highest BCUT2D eigenvalue weighted by molar-refractivity contribution is 5.99. The lowest BCUT2D eigenvalue weighted by Crippen LogP contribution is -2.47. The van der Waals surface area contributed by atoms with Gasteiger partial charge in [-0.05, 0) is 42.0 Å². The minimum Gasteiger partial charge on any atom is -0.350 e. The lowest BCUT2D eigenvalue weighted by atomic mass is 10.0. The Morgan fingerprint density at radius 1 is 1.03 bits per heavy atom. The number of benzene rings is 2. The molecule has 1 aliphatic rings. The van der Waals surface area contributed by atoms with Gasteiger partial charge in [0.15, 0.2) is 5.69 Å². The number of aryl methyl sites for hydroxylation is 1. The number of hydrogen-bond donors (Lipinski definition) is 2. The van der Waals surface area contributed by atoms with Crippen LogP contribution in [-0.4, -0.2) is 45.0 Å². The molecule has 1 aromatic heterocycles. The van der Waals surface area contributed by atoms with Gasteiger partial charge in [0.25, 0.3) is 11.8 Å². The average molecular weight is 506 g/mol. The van der Waals surface area contributed by atoms with E-state index < -0.39 is 11.9 Å². The molecule has 1 aliphatic heterocycles. The van der Waals surface area contributed by atoms with Gasteiger partial charge in [-0.15, -0.1) is 0 Å². The molecule has 0 unspecified atom stereocenters. The van der Waals surface area contributed by atoms with Gasteiger partial charge in [0, 0.05) is 32.2 Å². The average Bonchev–Trinajstić information content (AvgIpc) is 3.25. The van der Waals surface area contributed by atoms with E-state index in [1.807, 2.05) is 44.2 Å². The molecular formula is C28H32FN5O3. The fourth-order valence-electron chi connectivity index (χ4n) is 4.35. The smallest absolute Gasteiger partial charge is 0.272 e. The number of nitrogens with zero attached hydrogens (tertiary/aromatic N) is 3. The SMILES string of the molecule is CC(C)C[C@H](NC(=O)c1cc2n(n1)CCCN(Cc1ccccc1)C2=O)C(=O)NCc1ccc(F)cc1. The standard InChI is InChI=1S/C28H32FN5O3/c1-19(2)15-23(26(35)30-17-20-9-11-22(29)12-10-20)31-27(36)24-16-25-28(37)33(13-6-14-34(25)32-24)18-21-7-4-3-5-8-21/h3-5,7-12,16,19,23H,6,13-15,17-18H2,1-2H3,(H,30,35)(H,31,36)/t23-/m0/s1. The summed E-state index contributed by atoms with van der Waals surface area (Å²) >= 11 is 0. The molecule has 3 amide bonds. The van der Waals surface area contributed by atoms with Gasteiger partial charge in [-0.25, -0.2) is 4.39 Å². The fourth-order valence-corrected chi connectivity index (χ4v) is 4.35. The number of halogens is 1. The summed E-state index contributed by atoms with van der Waals surface area (Å²) in [4.78, 5) is 41.0. The molecular weight excluding hydrogens is 473 g/mol. The quantitative estimate of drug-likeness (QED) is 0.465. The Morgan fingerprint density at radius 2 is 1.76 bits per heavy atom. The summed E-state index contributed by atoms with van der Waals surface area (Å²) in [7, 11) is 0. The third-order valence-electron chi connectivity index (χ3n) is 6.24. The Balaban J connectivity index is 1.44. The van der Waals surface area contributed by atoms with Crippen LogP contribution >= 0.6 is 0 Å². The lowest BCUT2D eigenvalue weighted by molar-refractivity contribution is -0.123. The molecule has 8 nitrogen and oxygen atoms in total. The van der Waals surface area contributed by atoms with E-state index in [2.05, 4.69) is 15.7 Å². The van der Waals surface area contributed by atoms with Crippen LogP contribution in [0.4, 0.5) is 4.39 Å². The molecule has 2 heterocycles. The molecule has 2 aromatic carbocycles. The summed E-state index contributed by atoms with van der Waals surface area (Å²) in [6, 6.07) is 16.4. The summed E-state index contributed by atoms with van der Waals surface area (Å²) in [6.07, 6.45) is 1.15. The van der Waals surface area contributed by atoms with Gasteiger partial charge in [-0.2, -0.15) is 5.10 Å². The highest BCUT2D eigenvalue weighted by Gasteiger charge is 2.28. The molecule has 0 radical (unpaired) electrons. The maximum atomic E-state index is 13.2. The van der Waals surface area contributed by atoms with Crippen LogP contribution in [0.25, 0.3) is 0 Å². The molecule has 0 saturated heterocycles. The van der Waals surface area contributed by atoms with Gasteiger partial charge < -0.3 is 15.5 Å². The first-order valence-corrected chi connectivity index (χ1v) is 12.5. The summed E-state index contributed by atoms with van der Waals surface area (Å²) in [5.74, 6) is -1.22. The van der Waals surface area contributed by atoms with Crippen molar-refractivity contribution >= 4 is 17.7 Å². The molecule has 3 aromatic rings. The highest BCUT2D eigenvalue weighted by Crippen LogP contribution is 2.17. The zero-order chi connectivity index (χ0) is 26.4. The molecule has 0 saturated carbocycles.